The van der Waals surface area contributed by atoms with E-state index in [-0.39, 0.29) is 5.91 Å². The van der Waals surface area contributed by atoms with E-state index in [4.69, 9.17) is 4.42 Å². The van der Waals surface area contributed by atoms with Crippen molar-refractivity contribution < 1.29 is 18.7 Å². The largest absolute Gasteiger partial charge is 0.463 e. The quantitative estimate of drug-likeness (QED) is 0.729. The number of methoxy groups -OCH3 is 1. The second-order valence-electron chi connectivity index (χ2n) is 5.63. The highest BCUT2D eigenvalue weighted by Gasteiger charge is 2.27. The fourth-order valence-corrected chi connectivity index (χ4v) is 3.72. The molecule has 3 aromatic heterocycles. The molecule has 0 saturated carbocycles. The Morgan fingerprint density at radius 3 is 3.12 bits per heavy atom. The smallest absolute Gasteiger partial charge is 0.413 e. The zero-order valence-corrected chi connectivity index (χ0v) is 14.6. The highest BCUT2D eigenvalue weighted by atomic mass is 32.1. The van der Waals surface area contributed by atoms with Gasteiger partial charge >= 0.3 is 6.09 Å². The van der Waals surface area contributed by atoms with Crippen LogP contribution in [0.2, 0.25) is 0 Å². The molecule has 4 heterocycles. The van der Waals surface area contributed by atoms with Crippen LogP contribution < -0.4 is 5.32 Å². The van der Waals surface area contributed by atoms with Gasteiger partial charge in [-0.1, -0.05) is 11.3 Å². The van der Waals surface area contributed by atoms with E-state index in [2.05, 4.69) is 25.2 Å². The molecule has 26 heavy (non-hydrogen) atoms. The number of thiazole rings is 1. The van der Waals surface area contributed by atoms with Crippen LogP contribution in [0.3, 0.4) is 0 Å². The maximum Gasteiger partial charge on any atom is 0.413 e. The summed E-state index contributed by atoms with van der Waals surface area (Å²) in [4.78, 5) is 31.1. The molecule has 134 valence electrons. The second kappa shape index (κ2) is 6.64. The van der Waals surface area contributed by atoms with Gasteiger partial charge in [-0.2, -0.15) is 5.10 Å². The predicted octanol–water partition coefficient (Wildman–Crippen LogP) is 2.50. The third-order valence-electron chi connectivity index (χ3n) is 4.00. The first-order valence-corrected chi connectivity index (χ1v) is 8.68. The third kappa shape index (κ3) is 3.06. The summed E-state index contributed by atoms with van der Waals surface area (Å²) >= 11 is 1.34. The summed E-state index contributed by atoms with van der Waals surface area (Å²) in [5, 5.41) is 9.94. The van der Waals surface area contributed by atoms with Gasteiger partial charge in [0, 0.05) is 23.9 Å². The van der Waals surface area contributed by atoms with Crippen molar-refractivity contribution in [1.29, 1.82) is 0 Å². The Labute approximate surface area is 152 Å². The molecule has 2 N–H and O–H groups in total. The molecule has 0 spiro atoms. The van der Waals surface area contributed by atoms with Crippen LogP contribution in [0.25, 0.3) is 11.5 Å². The number of carbonyl (C=O) groups is 2. The van der Waals surface area contributed by atoms with Gasteiger partial charge in [0.1, 0.15) is 5.69 Å². The molecule has 3 aromatic rings. The summed E-state index contributed by atoms with van der Waals surface area (Å²) < 4.78 is 9.87. The van der Waals surface area contributed by atoms with Crippen molar-refractivity contribution in [2.75, 3.05) is 19.0 Å². The molecule has 9 nitrogen and oxygen atoms in total. The maximum atomic E-state index is 12.7. The van der Waals surface area contributed by atoms with Crippen molar-refractivity contribution in [3.63, 3.8) is 0 Å². The molecule has 10 heteroatoms. The number of amides is 2. The van der Waals surface area contributed by atoms with Crippen molar-refractivity contribution in [1.82, 2.24) is 20.1 Å². The number of hydrogen-bond donors (Lipinski definition) is 2. The number of aromatic amines is 1. The summed E-state index contributed by atoms with van der Waals surface area (Å²) in [6, 6.07) is 5.24. The van der Waals surface area contributed by atoms with E-state index < -0.39 is 6.09 Å². The average molecular weight is 373 g/mol. The zero-order valence-electron chi connectivity index (χ0n) is 13.8. The van der Waals surface area contributed by atoms with Crippen LogP contribution in [0, 0.1) is 0 Å². The summed E-state index contributed by atoms with van der Waals surface area (Å²) in [6.07, 6.45) is 1.62. The molecule has 4 rings (SSSR count). The summed E-state index contributed by atoms with van der Waals surface area (Å²) in [7, 11) is 1.30. The van der Waals surface area contributed by atoms with E-state index in [1.54, 1.807) is 29.4 Å². The number of carbonyl (C=O) groups excluding carboxylic acids is 2. The van der Waals surface area contributed by atoms with Crippen molar-refractivity contribution >= 4 is 28.5 Å². The Bertz CT molecular complexity index is 946. The van der Waals surface area contributed by atoms with Crippen LogP contribution in [0.15, 0.2) is 28.9 Å². The molecule has 0 radical (unpaired) electrons. The topological polar surface area (TPSA) is 113 Å². The van der Waals surface area contributed by atoms with E-state index in [1.807, 2.05) is 0 Å². The highest BCUT2D eigenvalue weighted by molar-refractivity contribution is 7.15. The van der Waals surface area contributed by atoms with Gasteiger partial charge < -0.3 is 14.1 Å². The fourth-order valence-electron chi connectivity index (χ4n) is 2.71. The number of nitrogens with one attached hydrogen (secondary N) is 2. The Morgan fingerprint density at radius 1 is 1.46 bits per heavy atom. The van der Waals surface area contributed by atoms with Gasteiger partial charge in [0.2, 0.25) is 0 Å². The number of nitrogens with zero attached hydrogens (tertiary/aromatic N) is 3. The first kappa shape index (κ1) is 16.3. The van der Waals surface area contributed by atoms with Crippen LogP contribution in [0.4, 0.5) is 9.93 Å². The lowest BCUT2D eigenvalue weighted by atomic mass is 10.1. The maximum absolute atomic E-state index is 12.7. The number of H-pyrrole nitrogens is 1. The second-order valence-corrected chi connectivity index (χ2v) is 6.71. The first-order valence-electron chi connectivity index (χ1n) is 7.86. The lowest BCUT2D eigenvalue weighted by molar-refractivity contribution is 0.0730. The Hall–Kier alpha value is -3.14. The molecule has 2 amide bonds. The number of rotatable bonds is 3. The van der Waals surface area contributed by atoms with E-state index >= 15 is 0 Å². The van der Waals surface area contributed by atoms with Crippen LogP contribution in [-0.4, -0.2) is 45.7 Å². The van der Waals surface area contributed by atoms with Gasteiger partial charge in [-0.25, -0.2) is 9.78 Å². The number of hydrogen-bond acceptors (Lipinski definition) is 7. The molecule has 0 bridgehead atoms. The first-order chi connectivity index (χ1) is 12.6. The van der Waals surface area contributed by atoms with Crippen LogP contribution in [0.1, 0.15) is 21.1 Å². The summed E-state index contributed by atoms with van der Waals surface area (Å²) in [6.45, 7) is 0.966. The molecule has 0 atom stereocenters. The van der Waals surface area contributed by atoms with Gasteiger partial charge in [-0.05, 0) is 12.1 Å². The minimum atomic E-state index is -0.564. The monoisotopic (exact) mass is 373 g/mol. The number of fused-ring (bicyclic) bond motifs is 1. The van der Waals surface area contributed by atoms with Crippen molar-refractivity contribution in [2.24, 2.45) is 0 Å². The normalized spacial score (nSPS) is 13.3. The summed E-state index contributed by atoms with van der Waals surface area (Å²) in [5.41, 5.74) is 1.87. The molecule has 0 unspecified atom stereocenters. The Morgan fingerprint density at radius 2 is 2.35 bits per heavy atom. The molecular formula is C16H15N5O4S. The van der Waals surface area contributed by atoms with Gasteiger partial charge in [-0.15, -0.1) is 0 Å². The highest BCUT2D eigenvalue weighted by Crippen LogP contribution is 2.29. The number of anilines is 1. The zero-order chi connectivity index (χ0) is 18.1. The van der Waals surface area contributed by atoms with Gasteiger partial charge in [-0.3, -0.25) is 15.2 Å². The van der Waals surface area contributed by atoms with E-state index in [9.17, 15) is 9.59 Å². The fraction of sp³-hybridized carbons (Fsp3) is 0.250. The predicted molar refractivity (Wildman–Crippen MR) is 92.9 cm³/mol. The molecular weight excluding hydrogens is 358 g/mol. The molecule has 0 aromatic carbocycles. The average Bonchev–Trinajstić information content (AvgIpc) is 3.38. The number of aromatic nitrogens is 3. The Kier molecular flexibility index (Phi) is 4.17. The van der Waals surface area contributed by atoms with E-state index in [0.717, 1.165) is 10.6 Å². The van der Waals surface area contributed by atoms with Gasteiger partial charge in [0.15, 0.2) is 16.6 Å². The molecule has 0 aliphatic carbocycles. The van der Waals surface area contributed by atoms with E-state index in [0.29, 0.717) is 41.8 Å². The molecule has 1 aliphatic heterocycles. The number of furan rings is 1. The number of ether oxygens (including phenoxy) is 1. The minimum absolute atomic E-state index is 0.166. The molecule has 0 saturated heterocycles. The Balaban J connectivity index is 1.48. The third-order valence-corrected chi connectivity index (χ3v) is 4.99. The van der Waals surface area contributed by atoms with Crippen molar-refractivity contribution in [3.05, 3.63) is 40.7 Å². The standard InChI is InChI=1S/C16H15N5O4S/c1-24-16(23)18-15-17-9-4-5-21(8-13(9)26-15)14(22)11-7-10(19-20-11)12-3-2-6-25-12/h2-3,6-7H,4-5,8H2,1H3,(H,19,20)(H,17,18,23). The molecule has 0 fully saturated rings. The molecule has 1 aliphatic rings. The lowest BCUT2D eigenvalue weighted by Gasteiger charge is -2.25. The van der Waals surface area contributed by atoms with Gasteiger partial charge in [0.25, 0.3) is 5.91 Å². The van der Waals surface area contributed by atoms with E-state index in [1.165, 1.54) is 18.4 Å². The van der Waals surface area contributed by atoms with Crippen LogP contribution in [0.5, 0.6) is 0 Å². The van der Waals surface area contributed by atoms with Crippen LogP contribution in [-0.2, 0) is 17.7 Å². The SMILES string of the molecule is COC(=O)Nc1nc2c(s1)CN(C(=O)c1cc(-c3ccco3)[nH]n1)CC2. The minimum Gasteiger partial charge on any atom is -0.463 e. The van der Waals surface area contributed by atoms with Crippen molar-refractivity contribution in [3.8, 4) is 11.5 Å². The van der Waals surface area contributed by atoms with Gasteiger partial charge in [0.05, 0.1) is 25.6 Å². The summed E-state index contributed by atoms with van der Waals surface area (Å²) in [5.74, 6) is 0.457. The van der Waals surface area contributed by atoms with Crippen molar-refractivity contribution in [2.45, 2.75) is 13.0 Å². The van der Waals surface area contributed by atoms with Crippen LogP contribution >= 0.6 is 11.3 Å². The lowest BCUT2D eigenvalue weighted by Crippen LogP contribution is -2.35.